The van der Waals surface area contributed by atoms with Gasteiger partial charge in [-0.15, -0.1) is 0 Å². The SMILES string of the molecule is CC(=O)N(O)CN(Cc1ccccn1)CP(C)(C)=O. The maximum absolute atomic E-state index is 11.9. The van der Waals surface area contributed by atoms with Gasteiger partial charge in [-0.05, 0) is 25.5 Å². The van der Waals surface area contributed by atoms with E-state index in [1.165, 1.54) is 6.92 Å². The molecule has 0 radical (unpaired) electrons. The fraction of sp³-hybridized carbons (Fsp3) is 0.500. The number of hydrogen-bond acceptors (Lipinski definition) is 5. The average Bonchev–Trinajstić information content (AvgIpc) is 2.27. The minimum absolute atomic E-state index is 0.0115. The van der Waals surface area contributed by atoms with Gasteiger partial charge in [0, 0.05) is 19.7 Å². The third-order valence-electron chi connectivity index (χ3n) is 2.35. The van der Waals surface area contributed by atoms with Crippen LogP contribution in [0.2, 0.25) is 0 Å². The Morgan fingerprint density at radius 2 is 2.11 bits per heavy atom. The van der Waals surface area contributed by atoms with Gasteiger partial charge in [0.1, 0.15) is 6.67 Å². The lowest BCUT2D eigenvalue weighted by Gasteiger charge is -2.27. The summed E-state index contributed by atoms with van der Waals surface area (Å²) < 4.78 is 11.9. The van der Waals surface area contributed by atoms with Crippen molar-refractivity contribution in [2.24, 2.45) is 0 Å². The molecule has 1 rings (SSSR count). The van der Waals surface area contributed by atoms with Gasteiger partial charge in [0.15, 0.2) is 0 Å². The van der Waals surface area contributed by atoms with E-state index in [2.05, 4.69) is 4.98 Å². The monoisotopic (exact) mass is 285 g/mol. The highest BCUT2D eigenvalue weighted by atomic mass is 31.2. The fourth-order valence-corrected chi connectivity index (χ4v) is 2.79. The molecule has 0 saturated carbocycles. The molecule has 0 atom stereocenters. The van der Waals surface area contributed by atoms with Crippen molar-refractivity contribution in [2.75, 3.05) is 26.3 Å². The van der Waals surface area contributed by atoms with E-state index >= 15 is 0 Å². The zero-order valence-electron chi connectivity index (χ0n) is 11.5. The minimum atomic E-state index is -2.30. The first-order valence-corrected chi connectivity index (χ1v) is 8.70. The zero-order chi connectivity index (χ0) is 14.5. The van der Waals surface area contributed by atoms with Crippen molar-refractivity contribution in [3.05, 3.63) is 30.1 Å². The Bertz CT molecular complexity index is 461. The van der Waals surface area contributed by atoms with Crippen LogP contribution in [0.15, 0.2) is 24.4 Å². The Hall–Kier alpha value is -1.23. The van der Waals surface area contributed by atoms with Crippen molar-refractivity contribution < 1.29 is 14.6 Å². The molecule has 1 aromatic rings. The summed E-state index contributed by atoms with van der Waals surface area (Å²) in [5.41, 5.74) is 0.799. The highest BCUT2D eigenvalue weighted by molar-refractivity contribution is 7.62. The molecule has 0 aromatic carbocycles. The van der Waals surface area contributed by atoms with Crippen molar-refractivity contribution in [2.45, 2.75) is 13.5 Å². The lowest BCUT2D eigenvalue weighted by molar-refractivity contribution is -0.171. The van der Waals surface area contributed by atoms with E-state index in [1.54, 1.807) is 24.4 Å². The van der Waals surface area contributed by atoms with Crippen molar-refractivity contribution in [1.82, 2.24) is 14.9 Å². The van der Waals surface area contributed by atoms with Gasteiger partial charge in [-0.25, -0.2) is 5.06 Å². The van der Waals surface area contributed by atoms with Crippen molar-refractivity contribution in [3.63, 3.8) is 0 Å². The van der Waals surface area contributed by atoms with E-state index in [0.717, 1.165) is 5.69 Å². The van der Waals surface area contributed by atoms with E-state index in [4.69, 9.17) is 0 Å². The van der Waals surface area contributed by atoms with Gasteiger partial charge in [0.25, 0.3) is 0 Å². The zero-order valence-corrected chi connectivity index (χ0v) is 12.4. The van der Waals surface area contributed by atoms with Crippen molar-refractivity contribution in [1.29, 1.82) is 0 Å². The Balaban J connectivity index is 2.75. The molecule has 0 bridgehead atoms. The summed E-state index contributed by atoms with van der Waals surface area (Å²) in [6.07, 6.45) is 1.99. The van der Waals surface area contributed by atoms with Crippen LogP contribution >= 0.6 is 7.14 Å². The third kappa shape index (κ3) is 6.47. The number of rotatable bonds is 6. The Labute approximate surface area is 113 Å². The summed E-state index contributed by atoms with van der Waals surface area (Å²) in [7, 11) is -2.30. The molecule has 19 heavy (non-hydrogen) atoms. The molecule has 0 fully saturated rings. The van der Waals surface area contributed by atoms with E-state index in [-0.39, 0.29) is 6.67 Å². The molecule has 1 amide bonds. The summed E-state index contributed by atoms with van der Waals surface area (Å²) in [5.74, 6) is -0.451. The topological polar surface area (TPSA) is 73.7 Å². The maximum Gasteiger partial charge on any atom is 0.244 e. The number of pyridine rings is 1. The van der Waals surface area contributed by atoms with Crippen LogP contribution in [0.1, 0.15) is 12.6 Å². The second-order valence-corrected chi connectivity index (χ2v) is 8.36. The summed E-state index contributed by atoms with van der Waals surface area (Å²) in [6, 6.07) is 5.52. The third-order valence-corrected chi connectivity index (χ3v) is 3.43. The molecular formula is C12H20N3O3P. The molecule has 6 nitrogen and oxygen atoms in total. The normalized spacial score (nSPS) is 11.6. The van der Waals surface area contributed by atoms with E-state index in [0.29, 0.717) is 17.9 Å². The number of amides is 1. The Kier molecular flexibility index (Phi) is 5.66. The van der Waals surface area contributed by atoms with Crippen LogP contribution in [0, 0.1) is 0 Å². The van der Waals surface area contributed by atoms with Gasteiger partial charge in [-0.1, -0.05) is 6.07 Å². The predicted molar refractivity (Wildman–Crippen MR) is 73.3 cm³/mol. The lowest BCUT2D eigenvalue weighted by Crippen LogP contribution is -2.38. The van der Waals surface area contributed by atoms with Gasteiger partial charge in [0.2, 0.25) is 5.91 Å². The molecular weight excluding hydrogens is 265 g/mol. The highest BCUT2D eigenvalue weighted by Crippen LogP contribution is 2.36. The summed E-state index contributed by atoms with van der Waals surface area (Å²) in [4.78, 5) is 17.0. The molecule has 1 heterocycles. The average molecular weight is 285 g/mol. The van der Waals surface area contributed by atoms with Gasteiger partial charge in [-0.3, -0.25) is 19.9 Å². The van der Waals surface area contributed by atoms with Crippen LogP contribution in [0.25, 0.3) is 0 Å². The number of aromatic nitrogens is 1. The smallest absolute Gasteiger partial charge is 0.244 e. The van der Waals surface area contributed by atoms with Crippen LogP contribution in [0.3, 0.4) is 0 Å². The molecule has 0 unspecified atom stereocenters. The summed E-state index contributed by atoms with van der Waals surface area (Å²) >= 11 is 0. The number of hydroxylamine groups is 2. The summed E-state index contributed by atoms with van der Waals surface area (Å²) in [5, 5.41) is 10.1. The van der Waals surface area contributed by atoms with Gasteiger partial charge < -0.3 is 4.57 Å². The first kappa shape index (κ1) is 15.8. The maximum atomic E-state index is 11.9. The molecule has 1 aromatic heterocycles. The van der Waals surface area contributed by atoms with Gasteiger partial charge in [-0.2, -0.15) is 0 Å². The molecule has 0 aliphatic carbocycles. The van der Waals surface area contributed by atoms with Gasteiger partial charge in [0.05, 0.1) is 19.1 Å². The Morgan fingerprint density at radius 3 is 2.58 bits per heavy atom. The van der Waals surface area contributed by atoms with Crippen molar-refractivity contribution in [3.8, 4) is 0 Å². The highest BCUT2D eigenvalue weighted by Gasteiger charge is 2.18. The van der Waals surface area contributed by atoms with Crippen LogP contribution in [-0.2, 0) is 15.9 Å². The first-order valence-electron chi connectivity index (χ1n) is 5.91. The quantitative estimate of drug-likeness (QED) is 0.372. The van der Waals surface area contributed by atoms with Gasteiger partial charge >= 0.3 is 0 Å². The minimum Gasteiger partial charge on any atom is -0.323 e. The second kappa shape index (κ2) is 6.80. The summed E-state index contributed by atoms with van der Waals surface area (Å²) in [6.45, 7) is 5.06. The predicted octanol–water partition coefficient (Wildman–Crippen LogP) is 1.66. The number of carbonyl (C=O) groups is 1. The van der Waals surface area contributed by atoms with Crippen molar-refractivity contribution >= 4 is 13.0 Å². The van der Waals surface area contributed by atoms with Crippen LogP contribution in [0.4, 0.5) is 0 Å². The second-order valence-electron chi connectivity index (χ2n) is 4.93. The number of nitrogens with zero attached hydrogens (tertiary/aromatic N) is 3. The Morgan fingerprint density at radius 1 is 1.42 bits per heavy atom. The fourth-order valence-electron chi connectivity index (χ4n) is 1.64. The molecule has 1 N–H and O–H groups in total. The number of hydrogen-bond donors (Lipinski definition) is 1. The molecule has 0 saturated heterocycles. The number of carbonyl (C=O) groups excluding carboxylic acids is 1. The lowest BCUT2D eigenvalue weighted by atomic mass is 10.3. The van der Waals surface area contributed by atoms with E-state index < -0.39 is 13.0 Å². The van der Waals surface area contributed by atoms with Crippen LogP contribution in [0.5, 0.6) is 0 Å². The van der Waals surface area contributed by atoms with Crippen LogP contribution in [-0.4, -0.2) is 52.3 Å². The molecule has 7 heteroatoms. The largest absolute Gasteiger partial charge is 0.323 e. The molecule has 0 aliphatic rings. The molecule has 106 valence electrons. The molecule has 0 spiro atoms. The molecule has 0 aliphatic heterocycles. The standard InChI is InChI=1S/C12H20N3O3P/c1-11(16)15(17)9-14(10-19(2,3)18)8-12-6-4-5-7-13-12/h4-7,17H,8-10H2,1-3H3. The van der Waals surface area contributed by atoms with Crippen LogP contribution < -0.4 is 0 Å². The first-order chi connectivity index (χ1) is 8.78. The van der Waals surface area contributed by atoms with E-state index in [1.807, 2.05) is 18.2 Å². The van der Waals surface area contributed by atoms with E-state index in [9.17, 15) is 14.6 Å².